The maximum absolute atomic E-state index is 11.6. The van der Waals surface area contributed by atoms with Gasteiger partial charge in [-0.3, -0.25) is 0 Å². The molecule has 0 aromatic heterocycles. The molecule has 0 radical (unpaired) electrons. The fourth-order valence-electron chi connectivity index (χ4n) is 1.38. The normalized spacial score (nSPS) is 13.8. The Kier molecular flexibility index (Phi) is 5.95. The summed E-state index contributed by atoms with van der Waals surface area (Å²) in [6.45, 7) is 4.16. The number of urea groups is 1. The third kappa shape index (κ3) is 4.55. The van der Waals surface area contributed by atoms with Crippen molar-refractivity contribution >= 4 is 17.6 Å². The maximum atomic E-state index is 11.6. The number of halogens is 1. The Hall–Kier alpha value is -1.26. The van der Waals surface area contributed by atoms with E-state index in [-0.39, 0.29) is 24.6 Å². The first-order valence-electron chi connectivity index (χ1n) is 5.93. The number of amides is 2. The van der Waals surface area contributed by atoms with Crippen molar-refractivity contribution in [1.82, 2.24) is 10.6 Å². The highest BCUT2D eigenvalue weighted by Gasteiger charge is 2.13. The van der Waals surface area contributed by atoms with Crippen LogP contribution in [0.2, 0.25) is 5.02 Å². The second kappa shape index (κ2) is 7.24. The fraction of sp³-hybridized carbons (Fsp3) is 0.462. The van der Waals surface area contributed by atoms with Crippen molar-refractivity contribution in [2.75, 3.05) is 6.61 Å². The Morgan fingerprint density at radius 3 is 2.67 bits per heavy atom. The first kappa shape index (κ1) is 14.8. The number of carbonyl (C=O) groups is 1. The third-order valence-electron chi connectivity index (χ3n) is 2.90. The van der Waals surface area contributed by atoms with Crippen molar-refractivity contribution in [2.24, 2.45) is 5.92 Å². The number of rotatable bonds is 5. The molecule has 100 valence electrons. The highest BCUT2D eigenvalue weighted by atomic mass is 35.5. The van der Waals surface area contributed by atoms with Crippen LogP contribution < -0.4 is 10.6 Å². The number of aliphatic hydroxyl groups is 1. The van der Waals surface area contributed by atoms with Gasteiger partial charge in [-0.15, -0.1) is 0 Å². The minimum Gasteiger partial charge on any atom is -0.396 e. The lowest BCUT2D eigenvalue weighted by Crippen LogP contribution is -2.43. The van der Waals surface area contributed by atoms with Crippen LogP contribution >= 0.6 is 11.6 Å². The van der Waals surface area contributed by atoms with E-state index in [1.807, 2.05) is 32.0 Å². The van der Waals surface area contributed by atoms with Crippen molar-refractivity contribution in [3.8, 4) is 0 Å². The van der Waals surface area contributed by atoms with Crippen LogP contribution in [-0.4, -0.2) is 23.8 Å². The van der Waals surface area contributed by atoms with Gasteiger partial charge in [-0.05, 0) is 24.5 Å². The lowest BCUT2D eigenvalue weighted by molar-refractivity contribution is 0.200. The molecule has 5 heteroatoms. The number of hydrogen-bond donors (Lipinski definition) is 3. The SMILES string of the molecule is CC(CO)C(C)NC(=O)NCc1ccccc1Cl. The van der Waals surface area contributed by atoms with Gasteiger partial charge in [0.25, 0.3) is 0 Å². The topological polar surface area (TPSA) is 61.4 Å². The molecule has 0 aliphatic heterocycles. The lowest BCUT2D eigenvalue weighted by Gasteiger charge is -2.19. The molecule has 18 heavy (non-hydrogen) atoms. The van der Waals surface area contributed by atoms with Gasteiger partial charge in [0, 0.05) is 24.2 Å². The smallest absolute Gasteiger partial charge is 0.315 e. The molecule has 0 aliphatic rings. The molecule has 0 fully saturated rings. The fourth-order valence-corrected chi connectivity index (χ4v) is 1.58. The molecular weight excluding hydrogens is 252 g/mol. The summed E-state index contributed by atoms with van der Waals surface area (Å²) in [6, 6.07) is 7.02. The van der Waals surface area contributed by atoms with E-state index in [9.17, 15) is 4.79 Å². The number of carbonyl (C=O) groups excluding carboxylic acids is 1. The molecule has 1 aromatic rings. The molecule has 0 bridgehead atoms. The van der Waals surface area contributed by atoms with Crippen LogP contribution in [0.4, 0.5) is 4.79 Å². The summed E-state index contributed by atoms with van der Waals surface area (Å²) in [5.74, 6) is 0.0241. The molecule has 2 amide bonds. The first-order valence-corrected chi connectivity index (χ1v) is 6.31. The van der Waals surface area contributed by atoms with Crippen molar-refractivity contribution < 1.29 is 9.90 Å². The van der Waals surface area contributed by atoms with Gasteiger partial charge in [0.05, 0.1) is 0 Å². The number of hydrogen-bond acceptors (Lipinski definition) is 2. The number of aliphatic hydroxyl groups excluding tert-OH is 1. The van der Waals surface area contributed by atoms with E-state index < -0.39 is 0 Å². The van der Waals surface area contributed by atoms with Gasteiger partial charge in [-0.25, -0.2) is 4.79 Å². The second-order valence-corrected chi connectivity index (χ2v) is 4.77. The van der Waals surface area contributed by atoms with Gasteiger partial charge >= 0.3 is 6.03 Å². The van der Waals surface area contributed by atoms with Crippen LogP contribution in [0.3, 0.4) is 0 Å². The van der Waals surface area contributed by atoms with E-state index in [4.69, 9.17) is 16.7 Å². The number of nitrogens with one attached hydrogen (secondary N) is 2. The van der Waals surface area contributed by atoms with Crippen LogP contribution in [0.15, 0.2) is 24.3 Å². The summed E-state index contributed by atoms with van der Waals surface area (Å²) < 4.78 is 0. The van der Waals surface area contributed by atoms with Gasteiger partial charge in [0.1, 0.15) is 0 Å². The van der Waals surface area contributed by atoms with E-state index in [1.165, 1.54) is 0 Å². The van der Waals surface area contributed by atoms with Crippen molar-refractivity contribution in [1.29, 1.82) is 0 Å². The summed E-state index contributed by atoms with van der Waals surface area (Å²) in [7, 11) is 0. The summed E-state index contributed by atoms with van der Waals surface area (Å²) in [5.41, 5.74) is 0.872. The van der Waals surface area contributed by atoms with E-state index in [2.05, 4.69) is 10.6 Å². The average molecular weight is 271 g/mol. The zero-order valence-electron chi connectivity index (χ0n) is 10.6. The molecule has 2 unspecified atom stereocenters. The van der Waals surface area contributed by atoms with Crippen LogP contribution in [-0.2, 0) is 6.54 Å². The summed E-state index contributed by atoms with van der Waals surface area (Å²) >= 11 is 5.98. The molecular formula is C13H19ClN2O2. The molecule has 1 rings (SSSR count). The van der Waals surface area contributed by atoms with Gasteiger partial charge < -0.3 is 15.7 Å². The highest BCUT2D eigenvalue weighted by Crippen LogP contribution is 2.14. The van der Waals surface area contributed by atoms with Gasteiger partial charge in [-0.2, -0.15) is 0 Å². The standard InChI is InChI=1S/C13H19ClN2O2/c1-9(8-17)10(2)16-13(18)15-7-11-5-3-4-6-12(11)14/h3-6,9-10,17H,7-8H2,1-2H3,(H2,15,16,18). The third-order valence-corrected chi connectivity index (χ3v) is 3.27. The highest BCUT2D eigenvalue weighted by molar-refractivity contribution is 6.31. The Morgan fingerprint density at radius 1 is 1.39 bits per heavy atom. The largest absolute Gasteiger partial charge is 0.396 e. The molecule has 3 N–H and O–H groups in total. The Morgan fingerprint density at radius 2 is 2.06 bits per heavy atom. The molecule has 0 saturated heterocycles. The van der Waals surface area contributed by atoms with Gasteiger partial charge in [-0.1, -0.05) is 36.7 Å². The second-order valence-electron chi connectivity index (χ2n) is 4.37. The monoisotopic (exact) mass is 270 g/mol. The molecule has 4 nitrogen and oxygen atoms in total. The summed E-state index contributed by atoms with van der Waals surface area (Å²) in [5, 5.41) is 15.1. The number of benzene rings is 1. The zero-order chi connectivity index (χ0) is 13.5. The molecule has 2 atom stereocenters. The molecule has 0 saturated carbocycles. The first-order chi connectivity index (χ1) is 8.54. The summed E-state index contributed by atoms with van der Waals surface area (Å²) in [6.07, 6.45) is 0. The molecule has 1 aromatic carbocycles. The van der Waals surface area contributed by atoms with E-state index in [0.29, 0.717) is 11.6 Å². The molecule has 0 heterocycles. The van der Waals surface area contributed by atoms with Crippen molar-refractivity contribution in [2.45, 2.75) is 26.4 Å². The maximum Gasteiger partial charge on any atom is 0.315 e. The minimum atomic E-state index is -0.261. The van der Waals surface area contributed by atoms with Crippen LogP contribution in [0.1, 0.15) is 19.4 Å². The Balaban J connectivity index is 2.40. The molecule has 0 aliphatic carbocycles. The van der Waals surface area contributed by atoms with E-state index in [0.717, 1.165) is 5.56 Å². The molecule has 0 spiro atoms. The predicted octanol–water partition coefficient (Wildman–Crippen LogP) is 2.16. The van der Waals surface area contributed by atoms with Crippen LogP contribution in [0.25, 0.3) is 0 Å². The minimum absolute atomic E-state index is 0.0241. The average Bonchev–Trinajstić information content (AvgIpc) is 2.36. The van der Waals surface area contributed by atoms with Crippen LogP contribution in [0, 0.1) is 5.92 Å². The van der Waals surface area contributed by atoms with Crippen molar-refractivity contribution in [3.63, 3.8) is 0 Å². The zero-order valence-corrected chi connectivity index (χ0v) is 11.4. The van der Waals surface area contributed by atoms with Gasteiger partial charge in [0.15, 0.2) is 0 Å². The lowest BCUT2D eigenvalue weighted by atomic mass is 10.1. The Labute approximate surface area is 112 Å². The van der Waals surface area contributed by atoms with Crippen molar-refractivity contribution in [3.05, 3.63) is 34.9 Å². The summed E-state index contributed by atoms with van der Waals surface area (Å²) in [4.78, 5) is 11.6. The van der Waals surface area contributed by atoms with E-state index in [1.54, 1.807) is 6.07 Å². The quantitative estimate of drug-likeness (QED) is 0.768. The predicted molar refractivity (Wildman–Crippen MR) is 72.5 cm³/mol. The van der Waals surface area contributed by atoms with Crippen LogP contribution in [0.5, 0.6) is 0 Å². The Bertz CT molecular complexity index is 398. The van der Waals surface area contributed by atoms with Gasteiger partial charge in [0.2, 0.25) is 0 Å². The van der Waals surface area contributed by atoms with E-state index >= 15 is 0 Å².